The van der Waals surface area contributed by atoms with E-state index in [0.29, 0.717) is 10.9 Å². The number of halogens is 1. The topological polar surface area (TPSA) is 21.6 Å². The van der Waals surface area contributed by atoms with E-state index in [1.807, 2.05) is 25.1 Å². The van der Waals surface area contributed by atoms with Gasteiger partial charge in [0.2, 0.25) is 9.76 Å². The summed E-state index contributed by atoms with van der Waals surface area (Å²) in [6.45, 7) is 12.3. The van der Waals surface area contributed by atoms with Gasteiger partial charge in [0.1, 0.15) is 0 Å². The highest BCUT2D eigenvalue weighted by atomic mass is 35.5. The molecule has 4 heteroatoms. The second kappa shape index (κ2) is 6.21. The molecule has 0 amide bonds. The van der Waals surface area contributed by atoms with Crippen LogP contribution in [0.4, 0.5) is 0 Å². The number of hydrogen-bond acceptors (Lipinski definition) is 2. The van der Waals surface area contributed by atoms with Crippen molar-refractivity contribution in [2.24, 2.45) is 4.99 Å². The van der Waals surface area contributed by atoms with E-state index in [0.717, 1.165) is 11.1 Å². The normalized spacial score (nSPS) is 12.5. The molecular formula is C14H20ClNOSi. The average Bonchev–Trinajstić information content (AvgIpc) is 2.26. The summed E-state index contributed by atoms with van der Waals surface area (Å²) < 4.78 is 5.61. The molecule has 0 radical (unpaired) electrons. The number of aliphatic imine (C=N–C) groups is 1. The number of nitrogens with zero attached hydrogens (tertiary/aromatic N) is 1. The fourth-order valence-corrected chi connectivity index (χ4v) is 2.08. The summed E-state index contributed by atoms with van der Waals surface area (Å²) in [5.41, 5.74) is 2.12. The molecule has 0 saturated carbocycles. The molecule has 0 fully saturated rings. The van der Waals surface area contributed by atoms with Crippen LogP contribution in [0, 0.1) is 6.92 Å². The van der Waals surface area contributed by atoms with Crippen molar-refractivity contribution < 1.29 is 4.43 Å². The van der Waals surface area contributed by atoms with E-state index in [-0.39, 0.29) is 5.04 Å². The number of benzene rings is 1. The van der Waals surface area contributed by atoms with Crippen LogP contribution in [0.3, 0.4) is 0 Å². The Bertz CT molecular complexity index is 463. The first kappa shape index (κ1) is 15.0. The first-order valence-electron chi connectivity index (χ1n) is 5.90. The molecule has 1 rings (SSSR count). The molecule has 0 unspecified atom stereocenters. The molecule has 1 aromatic carbocycles. The first-order chi connectivity index (χ1) is 8.28. The lowest BCUT2D eigenvalue weighted by atomic mass is 10.1. The van der Waals surface area contributed by atoms with Crippen LogP contribution < -0.4 is 0 Å². The highest BCUT2D eigenvalue weighted by molar-refractivity contribution is 6.32. The SMILES string of the molecule is C=C(/N=C/c1cc(Cl)ccc1C)O[SiH2]C(C)(C)C. The standard InChI is InChI=1S/C14H20ClNOSi/c1-10-6-7-13(15)8-12(10)9-16-11(2)17-18-14(3,4)5/h6-9H,2,18H2,1,3-5H3/b16-9+. The van der Waals surface area contributed by atoms with Crippen molar-refractivity contribution in [1.82, 2.24) is 0 Å². The predicted molar refractivity (Wildman–Crippen MR) is 82.3 cm³/mol. The molecule has 18 heavy (non-hydrogen) atoms. The van der Waals surface area contributed by atoms with E-state index in [9.17, 15) is 0 Å². The van der Waals surface area contributed by atoms with Gasteiger partial charge in [0, 0.05) is 11.2 Å². The molecule has 98 valence electrons. The Morgan fingerprint density at radius 3 is 2.72 bits per heavy atom. The largest absolute Gasteiger partial charge is 0.536 e. The van der Waals surface area contributed by atoms with Crippen LogP contribution >= 0.6 is 11.6 Å². The van der Waals surface area contributed by atoms with Gasteiger partial charge in [0.25, 0.3) is 0 Å². The third-order valence-electron chi connectivity index (χ3n) is 2.26. The zero-order chi connectivity index (χ0) is 13.8. The predicted octanol–water partition coefficient (Wildman–Crippen LogP) is 3.86. The molecule has 0 aliphatic carbocycles. The second-order valence-corrected chi connectivity index (χ2v) is 8.64. The highest BCUT2D eigenvalue weighted by Gasteiger charge is 2.12. The maximum Gasteiger partial charge on any atom is 0.226 e. The molecule has 0 atom stereocenters. The van der Waals surface area contributed by atoms with E-state index in [1.54, 1.807) is 6.21 Å². The molecule has 1 aromatic rings. The van der Waals surface area contributed by atoms with E-state index >= 15 is 0 Å². The quantitative estimate of drug-likeness (QED) is 0.467. The molecule has 0 aromatic heterocycles. The molecular weight excluding hydrogens is 262 g/mol. The van der Waals surface area contributed by atoms with Crippen LogP contribution in [-0.2, 0) is 4.43 Å². The van der Waals surface area contributed by atoms with Crippen LogP contribution in [0.25, 0.3) is 0 Å². The molecule has 0 N–H and O–H groups in total. The van der Waals surface area contributed by atoms with Gasteiger partial charge in [0.05, 0.1) is 0 Å². The molecule has 0 aliphatic heterocycles. The minimum absolute atomic E-state index is 0.241. The van der Waals surface area contributed by atoms with Crippen LogP contribution in [-0.4, -0.2) is 16.0 Å². The van der Waals surface area contributed by atoms with Gasteiger partial charge in [-0.2, -0.15) is 0 Å². The van der Waals surface area contributed by atoms with Gasteiger partial charge in [-0.05, 0) is 41.8 Å². The van der Waals surface area contributed by atoms with Gasteiger partial charge in [-0.3, -0.25) is 0 Å². The summed E-state index contributed by atoms with van der Waals surface area (Å²) in [4.78, 5) is 4.23. The average molecular weight is 282 g/mol. The number of aryl methyl sites for hydroxylation is 1. The minimum atomic E-state index is -0.655. The van der Waals surface area contributed by atoms with Crippen LogP contribution in [0.2, 0.25) is 10.1 Å². The summed E-state index contributed by atoms with van der Waals surface area (Å²) in [5, 5.41) is 0.947. The van der Waals surface area contributed by atoms with Crippen molar-refractivity contribution in [3.8, 4) is 0 Å². The Balaban J connectivity index is 2.64. The van der Waals surface area contributed by atoms with Crippen LogP contribution in [0.1, 0.15) is 31.9 Å². The van der Waals surface area contributed by atoms with Crippen LogP contribution in [0.15, 0.2) is 35.7 Å². The van der Waals surface area contributed by atoms with Crippen LogP contribution in [0.5, 0.6) is 0 Å². The number of hydrogen-bond donors (Lipinski definition) is 0. The lowest BCUT2D eigenvalue weighted by Crippen LogP contribution is -2.11. The Morgan fingerprint density at radius 1 is 1.44 bits per heavy atom. The smallest absolute Gasteiger partial charge is 0.226 e. The van der Waals surface area contributed by atoms with Gasteiger partial charge in [0.15, 0.2) is 5.88 Å². The monoisotopic (exact) mass is 281 g/mol. The van der Waals surface area contributed by atoms with E-state index in [4.69, 9.17) is 16.0 Å². The third-order valence-corrected chi connectivity index (χ3v) is 3.84. The maximum atomic E-state index is 5.94. The fourth-order valence-electron chi connectivity index (χ4n) is 1.23. The lowest BCUT2D eigenvalue weighted by Gasteiger charge is -2.17. The first-order valence-corrected chi connectivity index (χ1v) is 7.56. The van der Waals surface area contributed by atoms with Crippen molar-refractivity contribution in [2.75, 3.05) is 0 Å². The zero-order valence-corrected chi connectivity index (χ0v) is 13.6. The Hall–Kier alpha value is -1.06. The Labute approximate surface area is 117 Å². The van der Waals surface area contributed by atoms with Crippen molar-refractivity contribution in [3.05, 3.63) is 46.8 Å². The molecule has 0 bridgehead atoms. The molecule has 2 nitrogen and oxygen atoms in total. The summed E-state index contributed by atoms with van der Waals surface area (Å²) in [6, 6.07) is 5.72. The summed E-state index contributed by atoms with van der Waals surface area (Å²) in [7, 11) is -0.655. The molecule has 0 spiro atoms. The van der Waals surface area contributed by atoms with E-state index in [1.165, 1.54) is 0 Å². The minimum Gasteiger partial charge on any atom is -0.536 e. The van der Waals surface area contributed by atoms with Gasteiger partial charge in [-0.1, -0.05) is 38.4 Å². The number of rotatable bonds is 4. The van der Waals surface area contributed by atoms with E-state index < -0.39 is 9.76 Å². The summed E-state index contributed by atoms with van der Waals surface area (Å²) >= 11 is 5.94. The zero-order valence-electron chi connectivity index (χ0n) is 11.5. The van der Waals surface area contributed by atoms with Gasteiger partial charge in [-0.25, -0.2) is 4.99 Å². The Kier molecular flexibility index (Phi) is 5.17. The van der Waals surface area contributed by atoms with Crippen molar-refractivity contribution in [3.63, 3.8) is 0 Å². The molecule has 0 heterocycles. The fraction of sp³-hybridized carbons (Fsp3) is 0.357. The van der Waals surface area contributed by atoms with Gasteiger partial charge < -0.3 is 4.43 Å². The lowest BCUT2D eigenvalue weighted by molar-refractivity contribution is 0.425. The molecule has 0 saturated heterocycles. The van der Waals surface area contributed by atoms with Gasteiger partial charge >= 0.3 is 0 Å². The van der Waals surface area contributed by atoms with Crippen molar-refractivity contribution in [2.45, 2.75) is 32.7 Å². The third kappa shape index (κ3) is 5.51. The van der Waals surface area contributed by atoms with Gasteiger partial charge in [-0.15, -0.1) is 0 Å². The summed E-state index contributed by atoms with van der Waals surface area (Å²) in [6.07, 6.45) is 1.75. The van der Waals surface area contributed by atoms with Crippen molar-refractivity contribution >= 4 is 27.6 Å². The summed E-state index contributed by atoms with van der Waals surface area (Å²) in [5.74, 6) is 0.482. The van der Waals surface area contributed by atoms with Crippen molar-refractivity contribution in [1.29, 1.82) is 0 Å². The Morgan fingerprint density at radius 2 is 2.11 bits per heavy atom. The molecule has 0 aliphatic rings. The highest BCUT2D eigenvalue weighted by Crippen LogP contribution is 2.21. The second-order valence-electron chi connectivity index (χ2n) is 5.50. The van der Waals surface area contributed by atoms with E-state index in [2.05, 4.69) is 32.3 Å². The maximum absolute atomic E-state index is 5.94.